The highest BCUT2D eigenvalue weighted by Gasteiger charge is 2.41. The van der Waals surface area contributed by atoms with E-state index in [1.165, 1.54) is 14.0 Å². The average molecular weight is 342 g/mol. The summed E-state index contributed by atoms with van der Waals surface area (Å²) in [6.45, 7) is 5.75. The molecule has 2 aliphatic rings. The molecule has 0 aromatic carbocycles. The fraction of sp³-hybridized carbons (Fsp3) is 0.889. The molecule has 0 aromatic rings. The number of methoxy groups -OCH3 is 1. The minimum Gasteiger partial charge on any atom is -0.463 e. The lowest BCUT2D eigenvalue weighted by Gasteiger charge is -2.46. The van der Waals surface area contributed by atoms with Gasteiger partial charge in [-0.1, -0.05) is 0 Å². The molecule has 0 atom stereocenters. The first-order valence-corrected chi connectivity index (χ1v) is 8.86. The predicted molar refractivity (Wildman–Crippen MR) is 87.7 cm³/mol. The Morgan fingerprint density at radius 2 is 1.25 bits per heavy atom. The van der Waals surface area contributed by atoms with E-state index in [0.29, 0.717) is 0 Å². The Labute approximate surface area is 144 Å². The topological polar surface area (TPSA) is 71.1 Å². The van der Waals surface area contributed by atoms with Crippen LogP contribution in [-0.4, -0.2) is 42.6 Å². The van der Waals surface area contributed by atoms with E-state index in [-0.39, 0.29) is 29.4 Å². The molecule has 6 heteroatoms. The highest BCUT2D eigenvalue weighted by Crippen LogP contribution is 2.41. The van der Waals surface area contributed by atoms with Crippen LogP contribution in [0.5, 0.6) is 0 Å². The van der Waals surface area contributed by atoms with Crippen LogP contribution in [-0.2, 0) is 23.7 Å². The summed E-state index contributed by atoms with van der Waals surface area (Å²) in [5, 5.41) is 0. The molecule has 2 aliphatic carbocycles. The number of hydrogen-bond acceptors (Lipinski definition) is 6. The van der Waals surface area contributed by atoms with Gasteiger partial charge in [0.2, 0.25) is 0 Å². The smallest absolute Gasteiger partial charge is 0.463 e. The van der Waals surface area contributed by atoms with E-state index >= 15 is 0 Å². The van der Waals surface area contributed by atoms with Gasteiger partial charge in [-0.2, -0.15) is 0 Å². The highest BCUT2D eigenvalue weighted by atomic mass is 16.7. The Kier molecular flexibility index (Phi) is 6.12. The number of carbonyl (C=O) groups is 2. The van der Waals surface area contributed by atoms with E-state index < -0.39 is 6.16 Å². The van der Waals surface area contributed by atoms with Crippen molar-refractivity contribution < 1.29 is 28.5 Å². The lowest BCUT2D eigenvalue weighted by Crippen LogP contribution is -2.47. The van der Waals surface area contributed by atoms with Crippen molar-refractivity contribution >= 4 is 12.1 Å². The van der Waals surface area contributed by atoms with Crippen molar-refractivity contribution in [3.8, 4) is 0 Å². The minimum absolute atomic E-state index is 0.0242. The molecule has 0 amide bonds. The molecule has 0 aliphatic heterocycles. The fourth-order valence-electron chi connectivity index (χ4n) is 3.86. The normalized spacial score (nSPS) is 36.7. The molecule has 138 valence electrons. The summed E-state index contributed by atoms with van der Waals surface area (Å²) in [5.74, 6) is -0.208. The summed E-state index contributed by atoms with van der Waals surface area (Å²) < 4.78 is 21.6. The number of esters is 1. The van der Waals surface area contributed by atoms with Crippen LogP contribution in [0.15, 0.2) is 0 Å². The van der Waals surface area contributed by atoms with Gasteiger partial charge in [0.15, 0.2) is 0 Å². The van der Waals surface area contributed by atoms with Crippen molar-refractivity contribution in [2.45, 2.75) is 95.5 Å². The third kappa shape index (κ3) is 5.36. The van der Waals surface area contributed by atoms with Gasteiger partial charge in [0.25, 0.3) is 0 Å². The second kappa shape index (κ2) is 7.72. The molecule has 0 N–H and O–H groups in total. The quantitative estimate of drug-likeness (QED) is 0.725. The Hall–Kier alpha value is -1.30. The van der Waals surface area contributed by atoms with Crippen LogP contribution in [0.4, 0.5) is 4.79 Å². The second-order valence-corrected chi connectivity index (χ2v) is 7.58. The van der Waals surface area contributed by atoms with E-state index in [1.54, 1.807) is 0 Å². The summed E-state index contributed by atoms with van der Waals surface area (Å²) in [7, 11) is 1.32. The maximum absolute atomic E-state index is 11.2. The lowest BCUT2D eigenvalue weighted by molar-refractivity contribution is -0.187. The standard InChI is InChI=1S/C18H30O6/c1-13(19)22-14-5-9-17(2,10-6-14)24-18(3)11-7-15(8-12-18)23-16(20)21-4/h14-15H,5-12H2,1-4H3. The molecule has 0 unspecified atom stereocenters. The molecule has 24 heavy (non-hydrogen) atoms. The number of carbonyl (C=O) groups excluding carboxylic acids is 2. The molecule has 0 spiro atoms. The van der Waals surface area contributed by atoms with Crippen LogP contribution >= 0.6 is 0 Å². The Morgan fingerprint density at radius 3 is 1.62 bits per heavy atom. The van der Waals surface area contributed by atoms with E-state index in [1.807, 2.05) is 0 Å². The van der Waals surface area contributed by atoms with Crippen molar-refractivity contribution in [1.29, 1.82) is 0 Å². The van der Waals surface area contributed by atoms with Crippen molar-refractivity contribution in [2.75, 3.05) is 7.11 Å². The van der Waals surface area contributed by atoms with Crippen LogP contribution < -0.4 is 0 Å². The zero-order valence-corrected chi connectivity index (χ0v) is 15.3. The second-order valence-electron chi connectivity index (χ2n) is 7.58. The molecule has 2 fully saturated rings. The van der Waals surface area contributed by atoms with Gasteiger partial charge >= 0.3 is 12.1 Å². The number of rotatable bonds is 4. The molecule has 0 aromatic heterocycles. The maximum Gasteiger partial charge on any atom is 0.508 e. The van der Waals surface area contributed by atoms with Crippen molar-refractivity contribution in [1.82, 2.24) is 0 Å². The maximum atomic E-state index is 11.2. The van der Waals surface area contributed by atoms with Gasteiger partial charge < -0.3 is 18.9 Å². The molecule has 6 nitrogen and oxygen atoms in total. The molecular formula is C18H30O6. The third-order valence-corrected chi connectivity index (χ3v) is 5.24. The first kappa shape index (κ1) is 19.0. The number of hydrogen-bond donors (Lipinski definition) is 0. The van der Waals surface area contributed by atoms with E-state index in [4.69, 9.17) is 14.2 Å². The van der Waals surface area contributed by atoms with E-state index in [2.05, 4.69) is 18.6 Å². The Balaban J connectivity index is 1.81. The van der Waals surface area contributed by atoms with Crippen LogP contribution in [0.3, 0.4) is 0 Å². The van der Waals surface area contributed by atoms with E-state index in [9.17, 15) is 9.59 Å². The van der Waals surface area contributed by atoms with Crippen LogP contribution in [0.25, 0.3) is 0 Å². The summed E-state index contributed by atoms with van der Waals surface area (Å²) in [4.78, 5) is 22.3. The van der Waals surface area contributed by atoms with Crippen molar-refractivity contribution in [3.63, 3.8) is 0 Å². The van der Waals surface area contributed by atoms with Gasteiger partial charge in [0, 0.05) is 6.92 Å². The van der Waals surface area contributed by atoms with Crippen LogP contribution in [0.1, 0.15) is 72.1 Å². The largest absolute Gasteiger partial charge is 0.508 e. The minimum atomic E-state index is -0.611. The van der Waals surface area contributed by atoms with Gasteiger partial charge in [0.05, 0.1) is 18.3 Å². The number of ether oxygens (including phenoxy) is 4. The predicted octanol–water partition coefficient (Wildman–Crippen LogP) is 3.75. The van der Waals surface area contributed by atoms with Gasteiger partial charge in [-0.3, -0.25) is 4.79 Å². The highest BCUT2D eigenvalue weighted by molar-refractivity contribution is 5.66. The van der Waals surface area contributed by atoms with E-state index in [0.717, 1.165) is 51.4 Å². The lowest BCUT2D eigenvalue weighted by atomic mass is 9.80. The van der Waals surface area contributed by atoms with Crippen LogP contribution in [0, 0.1) is 0 Å². The molecule has 0 bridgehead atoms. The summed E-state index contributed by atoms with van der Waals surface area (Å²) in [5.41, 5.74) is -0.375. The Morgan fingerprint density at radius 1 is 0.833 bits per heavy atom. The molecule has 2 rings (SSSR count). The zero-order chi connectivity index (χ0) is 17.8. The molecule has 0 radical (unpaired) electrons. The summed E-state index contributed by atoms with van der Waals surface area (Å²) in [6, 6.07) is 0. The third-order valence-electron chi connectivity index (χ3n) is 5.24. The summed E-state index contributed by atoms with van der Waals surface area (Å²) in [6.07, 6.45) is 6.11. The SMILES string of the molecule is COC(=O)OC1CCC(C)(OC2(C)CCC(OC(C)=O)CC2)CC1. The van der Waals surface area contributed by atoms with Crippen LogP contribution in [0.2, 0.25) is 0 Å². The Bertz CT molecular complexity index is 444. The first-order chi connectivity index (χ1) is 11.2. The average Bonchev–Trinajstić information content (AvgIpc) is 2.51. The van der Waals surface area contributed by atoms with Crippen molar-refractivity contribution in [3.05, 3.63) is 0 Å². The molecular weight excluding hydrogens is 312 g/mol. The van der Waals surface area contributed by atoms with Gasteiger partial charge in [0.1, 0.15) is 12.2 Å². The summed E-state index contributed by atoms with van der Waals surface area (Å²) >= 11 is 0. The molecule has 0 saturated heterocycles. The van der Waals surface area contributed by atoms with Gasteiger partial charge in [-0.05, 0) is 65.2 Å². The molecule has 0 heterocycles. The molecule has 2 saturated carbocycles. The zero-order valence-electron chi connectivity index (χ0n) is 15.3. The first-order valence-electron chi connectivity index (χ1n) is 8.86. The van der Waals surface area contributed by atoms with Crippen molar-refractivity contribution in [2.24, 2.45) is 0 Å². The monoisotopic (exact) mass is 342 g/mol. The fourth-order valence-corrected chi connectivity index (χ4v) is 3.86. The van der Waals surface area contributed by atoms with Gasteiger partial charge in [-0.25, -0.2) is 4.79 Å². The van der Waals surface area contributed by atoms with Gasteiger partial charge in [-0.15, -0.1) is 0 Å².